The SMILES string of the molecule is C#CCC(NC(=O)C1Cc2ccccc2CN1)C(=O)O. The molecular weight excluding hydrogens is 256 g/mol. The van der Waals surface area contributed by atoms with Gasteiger partial charge in [0.2, 0.25) is 5.91 Å². The Morgan fingerprint density at radius 3 is 2.80 bits per heavy atom. The number of terminal acetylenes is 1. The number of carboxylic acids is 1. The van der Waals surface area contributed by atoms with Crippen molar-refractivity contribution in [1.82, 2.24) is 10.6 Å². The molecule has 104 valence electrons. The lowest BCUT2D eigenvalue weighted by atomic mass is 9.95. The highest BCUT2D eigenvalue weighted by atomic mass is 16.4. The van der Waals surface area contributed by atoms with Gasteiger partial charge in [0.15, 0.2) is 0 Å². The Hall–Kier alpha value is -2.32. The van der Waals surface area contributed by atoms with Gasteiger partial charge < -0.3 is 15.7 Å². The molecule has 0 radical (unpaired) electrons. The van der Waals surface area contributed by atoms with E-state index in [1.54, 1.807) is 0 Å². The van der Waals surface area contributed by atoms with Gasteiger partial charge in [-0.3, -0.25) is 4.79 Å². The Balaban J connectivity index is 2.01. The second-order valence-corrected chi connectivity index (χ2v) is 4.71. The first-order chi connectivity index (χ1) is 9.61. The molecule has 5 nitrogen and oxygen atoms in total. The second-order valence-electron chi connectivity index (χ2n) is 4.71. The summed E-state index contributed by atoms with van der Waals surface area (Å²) in [4.78, 5) is 23.1. The quantitative estimate of drug-likeness (QED) is 0.689. The standard InChI is InChI=1S/C15H16N2O3/c1-2-5-12(15(19)20)17-14(18)13-8-10-6-3-4-7-11(10)9-16-13/h1,3-4,6-7,12-13,16H,5,8-9H2,(H,17,18)(H,19,20). The van der Waals surface area contributed by atoms with Crippen molar-refractivity contribution in [3.05, 3.63) is 35.4 Å². The van der Waals surface area contributed by atoms with E-state index in [-0.39, 0.29) is 12.3 Å². The number of benzene rings is 1. The van der Waals surface area contributed by atoms with Gasteiger partial charge >= 0.3 is 5.97 Å². The summed E-state index contributed by atoms with van der Waals surface area (Å²) in [5, 5.41) is 14.6. The van der Waals surface area contributed by atoms with Gasteiger partial charge in [-0.25, -0.2) is 4.79 Å². The molecule has 20 heavy (non-hydrogen) atoms. The molecule has 0 saturated heterocycles. The predicted molar refractivity (Wildman–Crippen MR) is 73.8 cm³/mol. The highest BCUT2D eigenvalue weighted by Crippen LogP contribution is 2.16. The fourth-order valence-corrected chi connectivity index (χ4v) is 2.23. The lowest BCUT2D eigenvalue weighted by Gasteiger charge is -2.26. The molecule has 0 bridgehead atoms. The van der Waals surface area contributed by atoms with E-state index in [4.69, 9.17) is 11.5 Å². The maximum absolute atomic E-state index is 12.1. The van der Waals surface area contributed by atoms with Crippen LogP contribution in [-0.2, 0) is 22.6 Å². The van der Waals surface area contributed by atoms with Crippen LogP contribution in [0.3, 0.4) is 0 Å². The van der Waals surface area contributed by atoms with Crippen LogP contribution in [0, 0.1) is 12.3 Å². The van der Waals surface area contributed by atoms with E-state index in [9.17, 15) is 9.59 Å². The Kier molecular flexibility index (Phi) is 4.38. The smallest absolute Gasteiger partial charge is 0.327 e. The van der Waals surface area contributed by atoms with Gasteiger partial charge in [0.1, 0.15) is 6.04 Å². The van der Waals surface area contributed by atoms with E-state index in [2.05, 4.69) is 16.6 Å². The van der Waals surface area contributed by atoms with Crippen molar-refractivity contribution in [2.75, 3.05) is 0 Å². The van der Waals surface area contributed by atoms with E-state index in [1.165, 1.54) is 0 Å². The van der Waals surface area contributed by atoms with Crippen LogP contribution in [0.4, 0.5) is 0 Å². The lowest BCUT2D eigenvalue weighted by Crippen LogP contribution is -2.52. The Labute approximate surface area is 117 Å². The maximum atomic E-state index is 12.1. The van der Waals surface area contributed by atoms with Gasteiger partial charge in [-0.15, -0.1) is 12.3 Å². The number of carbonyl (C=O) groups is 2. The molecule has 0 fully saturated rings. The van der Waals surface area contributed by atoms with Crippen molar-refractivity contribution >= 4 is 11.9 Å². The minimum absolute atomic E-state index is 0.0234. The van der Waals surface area contributed by atoms with Crippen LogP contribution < -0.4 is 10.6 Å². The first-order valence-electron chi connectivity index (χ1n) is 6.38. The van der Waals surface area contributed by atoms with Gasteiger partial charge in [-0.1, -0.05) is 24.3 Å². The molecule has 0 spiro atoms. The van der Waals surface area contributed by atoms with Gasteiger partial charge in [0.05, 0.1) is 6.04 Å². The third kappa shape index (κ3) is 3.16. The average molecular weight is 272 g/mol. The van der Waals surface area contributed by atoms with E-state index >= 15 is 0 Å². The third-order valence-electron chi connectivity index (χ3n) is 3.33. The molecule has 1 aliphatic heterocycles. The summed E-state index contributed by atoms with van der Waals surface area (Å²) in [6.07, 6.45) is 5.63. The Morgan fingerprint density at radius 2 is 2.15 bits per heavy atom. The number of fused-ring (bicyclic) bond motifs is 1. The molecule has 5 heteroatoms. The Morgan fingerprint density at radius 1 is 1.45 bits per heavy atom. The van der Waals surface area contributed by atoms with Gasteiger partial charge in [-0.2, -0.15) is 0 Å². The van der Waals surface area contributed by atoms with Crippen LogP contribution in [0.1, 0.15) is 17.5 Å². The molecule has 1 aliphatic rings. The number of hydrogen-bond acceptors (Lipinski definition) is 3. The van der Waals surface area contributed by atoms with Gasteiger partial charge in [0, 0.05) is 13.0 Å². The third-order valence-corrected chi connectivity index (χ3v) is 3.33. The lowest BCUT2D eigenvalue weighted by molar-refractivity contribution is -0.142. The number of hydrogen-bond donors (Lipinski definition) is 3. The molecule has 2 unspecified atom stereocenters. The number of carboxylic acid groups (broad SMARTS) is 1. The molecule has 3 N–H and O–H groups in total. The topological polar surface area (TPSA) is 78.4 Å². The maximum Gasteiger partial charge on any atom is 0.327 e. The second kappa shape index (κ2) is 6.22. The monoisotopic (exact) mass is 272 g/mol. The van der Waals surface area contributed by atoms with Gasteiger partial charge in [0.25, 0.3) is 0 Å². The largest absolute Gasteiger partial charge is 0.480 e. The molecule has 0 saturated carbocycles. The van der Waals surface area contributed by atoms with Crippen molar-refractivity contribution in [2.45, 2.75) is 31.5 Å². The van der Waals surface area contributed by atoms with E-state index < -0.39 is 18.1 Å². The van der Waals surface area contributed by atoms with E-state index in [1.807, 2.05) is 24.3 Å². The summed E-state index contributed by atoms with van der Waals surface area (Å²) in [5.74, 6) is 0.808. The molecular formula is C15H16N2O3. The fourth-order valence-electron chi connectivity index (χ4n) is 2.23. The molecule has 1 aromatic rings. The molecule has 2 atom stereocenters. The number of amides is 1. The first kappa shape index (κ1) is 14.1. The summed E-state index contributed by atoms with van der Waals surface area (Å²) >= 11 is 0. The molecule has 1 heterocycles. The van der Waals surface area contributed by atoms with Gasteiger partial charge in [-0.05, 0) is 17.5 Å². The molecule has 0 aromatic heterocycles. The number of nitrogens with one attached hydrogen (secondary N) is 2. The minimum atomic E-state index is -1.12. The number of rotatable bonds is 4. The summed E-state index contributed by atoms with van der Waals surface area (Å²) in [5.41, 5.74) is 2.27. The Bertz CT molecular complexity index is 562. The van der Waals surface area contributed by atoms with E-state index in [0.29, 0.717) is 13.0 Å². The summed E-state index contributed by atoms with van der Waals surface area (Å²) in [6.45, 7) is 0.598. The van der Waals surface area contributed by atoms with Crippen LogP contribution in [0.2, 0.25) is 0 Å². The minimum Gasteiger partial charge on any atom is -0.480 e. The van der Waals surface area contributed by atoms with Crippen molar-refractivity contribution < 1.29 is 14.7 Å². The van der Waals surface area contributed by atoms with Crippen LogP contribution in [0.15, 0.2) is 24.3 Å². The highest BCUT2D eigenvalue weighted by molar-refractivity contribution is 5.87. The zero-order valence-corrected chi connectivity index (χ0v) is 10.9. The van der Waals surface area contributed by atoms with Crippen molar-refractivity contribution in [1.29, 1.82) is 0 Å². The number of carbonyl (C=O) groups excluding carboxylic acids is 1. The normalized spacial score (nSPS) is 18.4. The average Bonchev–Trinajstić information content (AvgIpc) is 2.46. The zero-order chi connectivity index (χ0) is 14.5. The van der Waals surface area contributed by atoms with Crippen LogP contribution in [0.5, 0.6) is 0 Å². The van der Waals surface area contributed by atoms with Crippen molar-refractivity contribution in [2.24, 2.45) is 0 Å². The van der Waals surface area contributed by atoms with Crippen molar-refractivity contribution in [3.63, 3.8) is 0 Å². The van der Waals surface area contributed by atoms with Crippen molar-refractivity contribution in [3.8, 4) is 12.3 Å². The molecule has 0 aliphatic carbocycles. The summed E-state index contributed by atoms with van der Waals surface area (Å²) in [7, 11) is 0. The van der Waals surface area contributed by atoms with E-state index in [0.717, 1.165) is 11.1 Å². The molecule has 1 amide bonds. The summed E-state index contributed by atoms with van der Waals surface area (Å²) < 4.78 is 0. The zero-order valence-electron chi connectivity index (χ0n) is 10.9. The molecule has 2 rings (SSSR count). The predicted octanol–water partition coefficient (Wildman–Crippen LogP) is 0.294. The van der Waals surface area contributed by atoms with Crippen LogP contribution in [0.25, 0.3) is 0 Å². The first-order valence-corrected chi connectivity index (χ1v) is 6.38. The van der Waals surface area contributed by atoms with Crippen LogP contribution >= 0.6 is 0 Å². The molecule has 1 aromatic carbocycles. The summed E-state index contributed by atoms with van der Waals surface area (Å²) in [6, 6.07) is 6.41. The highest BCUT2D eigenvalue weighted by Gasteiger charge is 2.27. The number of aliphatic carboxylic acids is 1. The van der Waals surface area contributed by atoms with Crippen LogP contribution in [-0.4, -0.2) is 29.1 Å². The fraction of sp³-hybridized carbons (Fsp3) is 0.333.